The van der Waals surface area contributed by atoms with E-state index < -0.39 is 0 Å². The largest absolute Gasteiger partial charge is 0.282 e. The number of hydrogen-bond donors (Lipinski definition) is 1. The Morgan fingerprint density at radius 1 is 1.38 bits per heavy atom. The summed E-state index contributed by atoms with van der Waals surface area (Å²) in [6, 6.07) is 7.49. The number of hydrogen-bond acceptors (Lipinski definition) is 2. The highest BCUT2D eigenvalue weighted by molar-refractivity contribution is 6.31. The zero-order valence-electron chi connectivity index (χ0n) is 9.00. The van der Waals surface area contributed by atoms with E-state index in [4.69, 9.17) is 16.9 Å². The van der Waals surface area contributed by atoms with E-state index in [2.05, 4.69) is 16.3 Å². The van der Waals surface area contributed by atoms with Crippen LogP contribution >= 0.6 is 11.6 Å². The minimum Gasteiger partial charge on any atom is -0.282 e. The van der Waals surface area contributed by atoms with E-state index in [0.29, 0.717) is 10.6 Å². The van der Waals surface area contributed by atoms with Gasteiger partial charge < -0.3 is 0 Å². The number of nitrogens with one attached hydrogen (secondary N) is 1. The molecule has 80 valence electrons. The molecule has 1 aromatic heterocycles. The van der Waals surface area contributed by atoms with Crippen molar-refractivity contribution in [1.82, 2.24) is 10.2 Å². The lowest BCUT2D eigenvalue weighted by atomic mass is 10.0. The Balaban J connectivity index is 2.62. The Morgan fingerprint density at radius 2 is 2.12 bits per heavy atom. The number of halogens is 1. The summed E-state index contributed by atoms with van der Waals surface area (Å²) in [6.45, 7) is 3.88. The normalized spacial score (nSPS) is 10.1. The lowest BCUT2D eigenvalue weighted by Gasteiger charge is -2.03. The van der Waals surface area contributed by atoms with Gasteiger partial charge in [-0.3, -0.25) is 5.10 Å². The summed E-state index contributed by atoms with van der Waals surface area (Å²) in [5, 5.41) is 16.4. The minimum absolute atomic E-state index is 0.477. The summed E-state index contributed by atoms with van der Waals surface area (Å²) >= 11 is 5.89. The molecule has 1 heterocycles. The van der Waals surface area contributed by atoms with Crippen LogP contribution in [0.25, 0.3) is 11.1 Å². The molecule has 0 aliphatic heterocycles. The maximum Gasteiger partial charge on any atom is 0.101 e. The molecule has 16 heavy (non-hydrogen) atoms. The molecule has 0 amide bonds. The summed E-state index contributed by atoms with van der Waals surface area (Å²) in [6.07, 6.45) is 0. The molecule has 1 N–H and O–H groups in total. The smallest absolute Gasteiger partial charge is 0.101 e. The number of H-pyrrole nitrogens is 1. The second-order valence-corrected chi connectivity index (χ2v) is 4.02. The van der Waals surface area contributed by atoms with Gasteiger partial charge in [0.05, 0.1) is 16.3 Å². The van der Waals surface area contributed by atoms with Crippen molar-refractivity contribution >= 4 is 11.6 Å². The van der Waals surface area contributed by atoms with Gasteiger partial charge in [0.2, 0.25) is 0 Å². The van der Waals surface area contributed by atoms with Crippen molar-refractivity contribution in [2.24, 2.45) is 0 Å². The highest BCUT2D eigenvalue weighted by atomic mass is 35.5. The molecule has 0 aliphatic rings. The zero-order valence-corrected chi connectivity index (χ0v) is 9.76. The standard InChI is InChI=1S/C12H10ClN3/c1-7-12(8(2)16-15-7)9-3-4-11(13)10(5-9)6-14/h3-5H,1-2H3,(H,15,16). The molecular weight excluding hydrogens is 222 g/mol. The van der Waals surface area contributed by atoms with E-state index in [1.807, 2.05) is 19.9 Å². The van der Waals surface area contributed by atoms with Crippen molar-refractivity contribution in [2.45, 2.75) is 13.8 Å². The highest BCUT2D eigenvalue weighted by Gasteiger charge is 2.10. The molecular formula is C12H10ClN3. The van der Waals surface area contributed by atoms with Crippen LogP contribution in [-0.4, -0.2) is 10.2 Å². The maximum absolute atomic E-state index is 8.92. The van der Waals surface area contributed by atoms with Crippen LogP contribution in [-0.2, 0) is 0 Å². The van der Waals surface area contributed by atoms with Gasteiger partial charge in [0.25, 0.3) is 0 Å². The molecule has 0 aliphatic carbocycles. The first-order valence-corrected chi connectivity index (χ1v) is 5.23. The molecule has 0 atom stereocenters. The summed E-state index contributed by atoms with van der Waals surface area (Å²) in [7, 11) is 0. The Morgan fingerprint density at radius 3 is 2.69 bits per heavy atom. The van der Waals surface area contributed by atoms with Gasteiger partial charge in [0.1, 0.15) is 6.07 Å². The Hall–Kier alpha value is -1.79. The van der Waals surface area contributed by atoms with E-state index in [9.17, 15) is 0 Å². The molecule has 0 spiro atoms. The number of benzene rings is 1. The SMILES string of the molecule is Cc1n[nH]c(C)c1-c1ccc(Cl)c(C#N)c1. The Bertz CT molecular complexity index is 559. The van der Waals surface area contributed by atoms with Crippen LogP contribution < -0.4 is 0 Å². The first kappa shape index (κ1) is 10.7. The lowest BCUT2D eigenvalue weighted by Crippen LogP contribution is -1.84. The molecule has 0 saturated carbocycles. The maximum atomic E-state index is 8.92. The van der Waals surface area contributed by atoms with Gasteiger partial charge in [-0.15, -0.1) is 0 Å². The number of rotatable bonds is 1. The van der Waals surface area contributed by atoms with E-state index in [1.54, 1.807) is 12.1 Å². The van der Waals surface area contributed by atoms with Crippen LogP contribution in [0.15, 0.2) is 18.2 Å². The van der Waals surface area contributed by atoms with Gasteiger partial charge >= 0.3 is 0 Å². The Labute approximate surface area is 98.7 Å². The molecule has 2 aromatic rings. The predicted octanol–water partition coefficient (Wildman–Crippen LogP) is 3.22. The molecule has 3 nitrogen and oxygen atoms in total. The molecule has 4 heteroatoms. The van der Waals surface area contributed by atoms with Crippen LogP contribution in [0.4, 0.5) is 0 Å². The fourth-order valence-electron chi connectivity index (χ4n) is 1.74. The van der Waals surface area contributed by atoms with E-state index >= 15 is 0 Å². The molecule has 1 aromatic carbocycles. The average molecular weight is 232 g/mol. The van der Waals surface area contributed by atoms with E-state index in [-0.39, 0.29) is 0 Å². The third kappa shape index (κ3) is 1.68. The minimum atomic E-state index is 0.477. The highest BCUT2D eigenvalue weighted by Crippen LogP contribution is 2.28. The van der Waals surface area contributed by atoms with Crippen LogP contribution in [0, 0.1) is 25.2 Å². The van der Waals surface area contributed by atoms with E-state index in [1.165, 1.54) is 0 Å². The topological polar surface area (TPSA) is 52.5 Å². The zero-order chi connectivity index (χ0) is 11.7. The van der Waals surface area contributed by atoms with Crippen molar-refractivity contribution < 1.29 is 0 Å². The summed E-state index contributed by atoms with van der Waals surface area (Å²) < 4.78 is 0. The van der Waals surface area contributed by atoms with Crippen molar-refractivity contribution in [2.75, 3.05) is 0 Å². The second kappa shape index (κ2) is 3.99. The fourth-order valence-corrected chi connectivity index (χ4v) is 1.90. The molecule has 2 rings (SSSR count). The van der Waals surface area contributed by atoms with Crippen molar-refractivity contribution in [3.8, 4) is 17.2 Å². The van der Waals surface area contributed by atoms with Gasteiger partial charge in [-0.05, 0) is 31.5 Å². The molecule has 0 bridgehead atoms. The fraction of sp³-hybridized carbons (Fsp3) is 0.167. The third-order valence-electron chi connectivity index (χ3n) is 2.50. The molecule has 0 fully saturated rings. The summed E-state index contributed by atoms with van der Waals surface area (Å²) in [5.41, 5.74) is 4.39. The molecule has 0 saturated heterocycles. The predicted molar refractivity (Wildman–Crippen MR) is 63.2 cm³/mol. The summed E-state index contributed by atoms with van der Waals surface area (Å²) in [5.74, 6) is 0. The van der Waals surface area contributed by atoms with E-state index in [0.717, 1.165) is 22.5 Å². The van der Waals surface area contributed by atoms with Crippen molar-refractivity contribution in [3.05, 3.63) is 40.2 Å². The monoisotopic (exact) mass is 231 g/mol. The van der Waals surface area contributed by atoms with Gasteiger partial charge in [-0.2, -0.15) is 10.4 Å². The van der Waals surface area contributed by atoms with Crippen LogP contribution in [0.5, 0.6) is 0 Å². The first-order valence-electron chi connectivity index (χ1n) is 4.85. The quantitative estimate of drug-likeness (QED) is 0.819. The average Bonchev–Trinajstić information content (AvgIpc) is 2.60. The third-order valence-corrected chi connectivity index (χ3v) is 2.83. The van der Waals surface area contributed by atoms with Crippen LogP contribution in [0.2, 0.25) is 5.02 Å². The lowest BCUT2D eigenvalue weighted by molar-refractivity contribution is 1.02. The van der Waals surface area contributed by atoms with Gasteiger partial charge in [-0.25, -0.2) is 0 Å². The van der Waals surface area contributed by atoms with Crippen LogP contribution in [0.3, 0.4) is 0 Å². The molecule has 0 unspecified atom stereocenters. The van der Waals surface area contributed by atoms with Gasteiger partial charge in [0.15, 0.2) is 0 Å². The van der Waals surface area contributed by atoms with Crippen molar-refractivity contribution in [3.63, 3.8) is 0 Å². The van der Waals surface area contributed by atoms with Gasteiger partial charge in [-0.1, -0.05) is 17.7 Å². The summed E-state index contributed by atoms with van der Waals surface area (Å²) in [4.78, 5) is 0. The number of nitrogens with zero attached hydrogens (tertiary/aromatic N) is 2. The first-order chi connectivity index (χ1) is 7.63. The number of aryl methyl sites for hydroxylation is 2. The van der Waals surface area contributed by atoms with Crippen LogP contribution in [0.1, 0.15) is 17.0 Å². The number of nitriles is 1. The second-order valence-electron chi connectivity index (χ2n) is 3.62. The molecule has 0 radical (unpaired) electrons. The number of aromatic nitrogens is 2. The van der Waals surface area contributed by atoms with Crippen molar-refractivity contribution in [1.29, 1.82) is 5.26 Å². The Kier molecular flexibility index (Phi) is 2.67. The number of aromatic amines is 1. The van der Waals surface area contributed by atoms with Gasteiger partial charge in [0, 0.05) is 11.3 Å².